The normalized spacial score (nSPS) is 12.4. The Morgan fingerprint density at radius 3 is 2.75 bits per heavy atom. The highest BCUT2D eigenvalue weighted by molar-refractivity contribution is 5.75. The lowest BCUT2D eigenvalue weighted by molar-refractivity contribution is -0.121. The number of carbonyl (C=O) groups is 1. The van der Waals surface area contributed by atoms with Crippen molar-refractivity contribution in [1.82, 2.24) is 15.5 Å². The van der Waals surface area contributed by atoms with Crippen LogP contribution in [0.5, 0.6) is 0 Å². The van der Waals surface area contributed by atoms with Gasteiger partial charge in [-0.15, -0.1) is 0 Å². The molecule has 1 amide bonds. The third-order valence-electron chi connectivity index (χ3n) is 3.18. The number of rotatable bonds is 8. The number of nitrogens with one attached hydrogen (secondary N) is 2. The van der Waals surface area contributed by atoms with E-state index in [-0.39, 0.29) is 17.8 Å². The Hall–Kier alpha value is -1.46. The summed E-state index contributed by atoms with van der Waals surface area (Å²) in [5.74, 6) is -0.224. The number of hydrogen-bond donors (Lipinski definition) is 2. The first kappa shape index (κ1) is 16.6. The number of hydrogen-bond acceptors (Lipinski definition) is 3. The van der Waals surface area contributed by atoms with Crippen LogP contribution in [0.2, 0.25) is 0 Å². The van der Waals surface area contributed by atoms with Crippen molar-refractivity contribution < 1.29 is 9.18 Å². The van der Waals surface area contributed by atoms with Gasteiger partial charge in [-0.2, -0.15) is 0 Å². The fraction of sp³-hybridized carbons (Fsp3) is 0.533. The first-order valence-electron chi connectivity index (χ1n) is 6.87. The lowest BCUT2D eigenvalue weighted by atomic mass is 10.1. The molecular weight excluding hydrogens is 257 g/mol. The average Bonchev–Trinajstić information content (AvgIpc) is 2.39. The number of benzene rings is 1. The van der Waals surface area contributed by atoms with Gasteiger partial charge < -0.3 is 15.5 Å². The molecule has 0 saturated heterocycles. The van der Waals surface area contributed by atoms with Gasteiger partial charge in [0.05, 0.1) is 6.04 Å². The lowest BCUT2D eigenvalue weighted by Crippen LogP contribution is -2.34. The van der Waals surface area contributed by atoms with Crippen LogP contribution in [0.4, 0.5) is 4.39 Å². The highest BCUT2D eigenvalue weighted by atomic mass is 19.1. The van der Waals surface area contributed by atoms with Crippen molar-refractivity contribution >= 4 is 5.91 Å². The minimum absolute atomic E-state index is 0.0287. The highest BCUT2D eigenvalue weighted by Crippen LogP contribution is 2.18. The van der Waals surface area contributed by atoms with E-state index in [2.05, 4.69) is 10.6 Å². The lowest BCUT2D eigenvalue weighted by Gasteiger charge is -2.25. The van der Waals surface area contributed by atoms with E-state index >= 15 is 0 Å². The molecule has 0 fully saturated rings. The molecule has 112 valence electrons. The summed E-state index contributed by atoms with van der Waals surface area (Å²) in [5.41, 5.74) is 0.866. The number of carbonyl (C=O) groups excluding carboxylic acids is 1. The van der Waals surface area contributed by atoms with Gasteiger partial charge >= 0.3 is 0 Å². The van der Waals surface area contributed by atoms with E-state index in [1.54, 1.807) is 6.07 Å². The van der Waals surface area contributed by atoms with Crippen LogP contribution in [-0.4, -0.2) is 45.0 Å². The Balaban J connectivity index is 2.54. The minimum atomic E-state index is -0.255. The summed E-state index contributed by atoms with van der Waals surface area (Å²) in [4.78, 5) is 13.7. The molecule has 0 aliphatic heterocycles. The fourth-order valence-electron chi connectivity index (χ4n) is 2.04. The summed E-state index contributed by atoms with van der Waals surface area (Å²) in [7, 11) is 5.70. The third-order valence-corrected chi connectivity index (χ3v) is 3.18. The van der Waals surface area contributed by atoms with Gasteiger partial charge in [0.1, 0.15) is 5.82 Å². The zero-order valence-corrected chi connectivity index (χ0v) is 12.4. The van der Waals surface area contributed by atoms with Crippen LogP contribution in [0, 0.1) is 5.82 Å². The van der Waals surface area contributed by atoms with Crippen LogP contribution in [0.1, 0.15) is 24.4 Å². The Morgan fingerprint density at radius 1 is 1.40 bits per heavy atom. The maximum Gasteiger partial charge on any atom is 0.220 e. The van der Waals surface area contributed by atoms with Crippen LogP contribution in [0.15, 0.2) is 24.3 Å². The molecule has 0 radical (unpaired) electrons. The maximum atomic E-state index is 13.3. The smallest absolute Gasteiger partial charge is 0.220 e. The van der Waals surface area contributed by atoms with E-state index in [9.17, 15) is 9.18 Å². The van der Waals surface area contributed by atoms with Crippen molar-refractivity contribution in [3.8, 4) is 0 Å². The van der Waals surface area contributed by atoms with E-state index in [0.717, 1.165) is 18.5 Å². The number of halogens is 1. The van der Waals surface area contributed by atoms with E-state index in [4.69, 9.17) is 0 Å². The van der Waals surface area contributed by atoms with Crippen LogP contribution < -0.4 is 10.6 Å². The van der Waals surface area contributed by atoms with Gasteiger partial charge in [-0.1, -0.05) is 12.1 Å². The molecule has 0 spiro atoms. The summed E-state index contributed by atoms with van der Waals surface area (Å²) in [6.07, 6.45) is 1.32. The number of amides is 1. The van der Waals surface area contributed by atoms with Gasteiger partial charge in [0.2, 0.25) is 5.91 Å². The molecule has 0 saturated carbocycles. The summed E-state index contributed by atoms with van der Waals surface area (Å²) < 4.78 is 13.3. The molecule has 1 unspecified atom stereocenters. The zero-order chi connectivity index (χ0) is 15.0. The molecule has 0 bridgehead atoms. The molecule has 1 atom stereocenters. The predicted octanol–water partition coefficient (Wildman–Crippen LogP) is 1.54. The summed E-state index contributed by atoms with van der Waals surface area (Å²) >= 11 is 0. The molecule has 1 aromatic carbocycles. The van der Waals surface area contributed by atoms with Crippen molar-refractivity contribution in [3.05, 3.63) is 35.6 Å². The number of nitrogens with zero attached hydrogens (tertiary/aromatic N) is 1. The predicted molar refractivity (Wildman–Crippen MR) is 79.0 cm³/mol. The van der Waals surface area contributed by atoms with E-state index < -0.39 is 0 Å². The first-order valence-corrected chi connectivity index (χ1v) is 6.87. The van der Waals surface area contributed by atoms with Gasteiger partial charge in [0, 0.05) is 13.0 Å². The van der Waals surface area contributed by atoms with Crippen molar-refractivity contribution in [2.75, 3.05) is 34.2 Å². The summed E-state index contributed by atoms with van der Waals surface area (Å²) in [6, 6.07) is 6.47. The molecule has 20 heavy (non-hydrogen) atoms. The standard InChI is InChI=1S/C15H24FN3O/c1-17-9-5-8-15(20)18-11-14(19(2)3)12-6-4-7-13(16)10-12/h4,6-7,10,14,17H,5,8-9,11H2,1-3H3,(H,18,20). The van der Waals surface area contributed by atoms with E-state index in [1.807, 2.05) is 32.1 Å². The van der Waals surface area contributed by atoms with Crippen LogP contribution in [-0.2, 0) is 4.79 Å². The molecule has 0 heterocycles. The SMILES string of the molecule is CNCCCC(=O)NCC(c1cccc(F)c1)N(C)C. The summed E-state index contributed by atoms with van der Waals surface area (Å²) in [5, 5.41) is 5.92. The Morgan fingerprint density at radius 2 is 2.15 bits per heavy atom. The molecule has 0 aromatic heterocycles. The Bertz CT molecular complexity index is 423. The first-order chi connectivity index (χ1) is 9.54. The van der Waals surface area contributed by atoms with E-state index in [0.29, 0.717) is 13.0 Å². The molecule has 0 aliphatic carbocycles. The van der Waals surface area contributed by atoms with Gasteiger partial charge in [-0.05, 0) is 51.8 Å². The second kappa shape index (κ2) is 8.66. The van der Waals surface area contributed by atoms with E-state index in [1.165, 1.54) is 12.1 Å². The molecule has 4 nitrogen and oxygen atoms in total. The topological polar surface area (TPSA) is 44.4 Å². The second-order valence-corrected chi connectivity index (χ2v) is 5.05. The maximum absolute atomic E-state index is 13.3. The number of likely N-dealkylation sites (N-methyl/N-ethyl adjacent to an activating group) is 1. The minimum Gasteiger partial charge on any atom is -0.354 e. The molecule has 2 N–H and O–H groups in total. The molecular formula is C15H24FN3O. The zero-order valence-electron chi connectivity index (χ0n) is 12.4. The van der Waals surface area contributed by atoms with Crippen molar-refractivity contribution in [1.29, 1.82) is 0 Å². The van der Waals surface area contributed by atoms with Crippen molar-refractivity contribution in [2.45, 2.75) is 18.9 Å². The molecule has 1 rings (SSSR count). The molecule has 1 aromatic rings. The van der Waals surface area contributed by atoms with Gasteiger partial charge in [-0.3, -0.25) is 4.79 Å². The van der Waals surface area contributed by atoms with Gasteiger partial charge in [-0.25, -0.2) is 4.39 Å². The molecule has 5 heteroatoms. The fourth-order valence-corrected chi connectivity index (χ4v) is 2.04. The summed E-state index contributed by atoms with van der Waals surface area (Å²) in [6.45, 7) is 1.31. The van der Waals surface area contributed by atoms with Gasteiger partial charge in [0.15, 0.2) is 0 Å². The third kappa shape index (κ3) is 5.67. The Labute approximate surface area is 120 Å². The average molecular weight is 281 g/mol. The quantitative estimate of drug-likeness (QED) is 0.711. The van der Waals surface area contributed by atoms with Gasteiger partial charge in [0.25, 0.3) is 0 Å². The van der Waals surface area contributed by atoms with Crippen molar-refractivity contribution in [2.24, 2.45) is 0 Å². The molecule has 0 aliphatic rings. The van der Waals surface area contributed by atoms with Crippen LogP contribution >= 0.6 is 0 Å². The van der Waals surface area contributed by atoms with Crippen LogP contribution in [0.3, 0.4) is 0 Å². The van der Waals surface area contributed by atoms with Crippen molar-refractivity contribution in [3.63, 3.8) is 0 Å². The van der Waals surface area contributed by atoms with Crippen LogP contribution in [0.25, 0.3) is 0 Å². The highest BCUT2D eigenvalue weighted by Gasteiger charge is 2.15. The Kier molecular flexibility index (Phi) is 7.18. The monoisotopic (exact) mass is 281 g/mol. The largest absolute Gasteiger partial charge is 0.354 e. The second-order valence-electron chi connectivity index (χ2n) is 5.05.